The van der Waals surface area contributed by atoms with E-state index in [-0.39, 0.29) is 17.2 Å². The van der Waals surface area contributed by atoms with Gasteiger partial charge in [-0.25, -0.2) is 0 Å². The van der Waals surface area contributed by atoms with E-state index in [4.69, 9.17) is 0 Å². The number of carbonyl (C=O) groups is 1. The maximum absolute atomic E-state index is 12.0. The molecular formula is C16H19N3O2. The molecule has 110 valence electrons. The topological polar surface area (TPSA) is 64.0 Å². The summed E-state index contributed by atoms with van der Waals surface area (Å²) >= 11 is 0. The summed E-state index contributed by atoms with van der Waals surface area (Å²) in [6.45, 7) is 4.79. The maximum Gasteiger partial charge on any atom is 0.271 e. The van der Waals surface area contributed by atoms with E-state index in [1.807, 2.05) is 18.2 Å². The van der Waals surface area contributed by atoms with E-state index in [1.165, 1.54) is 16.8 Å². The zero-order valence-electron chi connectivity index (χ0n) is 12.2. The molecule has 0 unspecified atom stereocenters. The molecule has 0 radical (unpaired) electrons. The van der Waals surface area contributed by atoms with Crippen molar-refractivity contribution in [3.05, 3.63) is 58.5 Å². The van der Waals surface area contributed by atoms with Gasteiger partial charge >= 0.3 is 0 Å². The molecule has 1 aromatic carbocycles. The zero-order chi connectivity index (χ0) is 15.2. The van der Waals surface area contributed by atoms with E-state index >= 15 is 0 Å². The number of benzene rings is 1. The second-order valence-corrected chi connectivity index (χ2v) is 5.24. The monoisotopic (exact) mass is 285 g/mol. The summed E-state index contributed by atoms with van der Waals surface area (Å²) < 4.78 is 1.23. The Morgan fingerprint density at radius 3 is 2.57 bits per heavy atom. The Morgan fingerprint density at radius 1 is 1.19 bits per heavy atom. The number of carbonyl (C=O) groups excluding carboxylic acids is 1. The smallest absolute Gasteiger partial charge is 0.271 e. The first-order chi connectivity index (χ1) is 10.1. The number of hydrogen-bond acceptors (Lipinski definition) is 3. The average Bonchev–Trinajstić information content (AvgIpc) is 2.48. The molecule has 5 heteroatoms. The van der Waals surface area contributed by atoms with E-state index in [1.54, 1.807) is 12.1 Å². The number of para-hydroxylation sites is 1. The fraction of sp³-hybridized carbons (Fsp3) is 0.312. The normalized spacial score (nSPS) is 10.6. The zero-order valence-corrected chi connectivity index (χ0v) is 12.2. The molecule has 0 saturated heterocycles. The second-order valence-electron chi connectivity index (χ2n) is 5.24. The summed E-state index contributed by atoms with van der Waals surface area (Å²) in [5.74, 6) is 0.261. The molecule has 5 nitrogen and oxygen atoms in total. The summed E-state index contributed by atoms with van der Waals surface area (Å²) in [6, 6.07) is 11.8. The summed E-state index contributed by atoms with van der Waals surface area (Å²) in [5.41, 5.74) is 0.612. The van der Waals surface area contributed by atoms with Crippen molar-refractivity contribution in [2.24, 2.45) is 5.92 Å². The summed E-state index contributed by atoms with van der Waals surface area (Å²) in [6.07, 6.45) is 0.907. The molecule has 1 aromatic heterocycles. The highest BCUT2D eigenvalue weighted by Crippen LogP contribution is 2.03. The molecule has 0 aliphatic rings. The summed E-state index contributed by atoms with van der Waals surface area (Å²) in [5, 5.41) is 6.94. The van der Waals surface area contributed by atoms with E-state index < -0.39 is 0 Å². The summed E-state index contributed by atoms with van der Waals surface area (Å²) in [7, 11) is 0. The van der Waals surface area contributed by atoms with Gasteiger partial charge in [0.05, 0.1) is 5.69 Å². The maximum atomic E-state index is 12.0. The highest BCUT2D eigenvalue weighted by Gasteiger charge is 2.10. The van der Waals surface area contributed by atoms with Crippen LogP contribution in [0.3, 0.4) is 0 Å². The van der Waals surface area contributed by atoms with Gasteiger partial charge in [-0.2, -0.15) is 9.78 Å². The van der Waals surface area contributed by atoms with Crippen LogP contribution in [0.1, 0.15) is 30.8 Å². The van der Waals surface area contributed by atoms with Gasteiger partial charge in [-0.3, -0.25) is 9.59 Å². The molecule has 0 bridgehead atoms. The van der Waals surface area contributed by atoms with Crippen molar-refractivity contribution in [1.82, 2.24) is 15.1 Å². The molecule has 0 aliphatic carbocycles. The van der Waals surface area contributed by atoms with Gasteiger partial charge in [-0.15, -0.1) is 0 Å². The summed E-state index contributed by atoms with van der Waals surface area (Å²) in [4.78, 5) is 23.9. The largest absolute Gasteiger partial charge is 0.351 e. The minimum absolute atomic E-state index is 0.238. The molecule has 1 heterocycles. The average molecular weight is 285 g/mol. The number of amides is 1. The van der Waals surface area contributed by atoms with Crippen LogP contribution < -0.4 is 10.9 Å². The Bertz CT molecular complexity index is 663. The van der Waals surface area contributed by atoms with Crippen LogP contribution in [-0.4, -0.2) is 22.2 Å². The van der Waals surface area contributed by atoms with Crippen molar-refractivity contribution in [3.8, 4) is 5.69 Å². The predicted octanol–water partition coefficient (Wildman–Crippen LogP) is 2.01. The molecule has 0 aliphatic heterocycles. The van der Waals surface area contributed by atoms with Crippen LogP contribution in [0.5, 0.6) is 0 Å². The van der Waals surface area contributed by atoms with Gasteiger partial charge < -0.3 is 5.32 Å². The lowest BCUT2D eigenvalue weighted by atomic mass is 10.1. The molecule has 1 N–H and O–H groups in total. The number of nitrogens with zero attached hydrogens (tertiary/aromatic N) is 2. The first-order valence-electron chi connectivity index (χ1n) is 7.02. The predicted molar refractivity (Wildman–Crippen MR) is 81.6 cm³/mol. The van der Waals surface area contributed by atoms with Crippen LogP contribution in [-0.2, 0) is 0 Å². The van der Waals surface area contributed by atoms with Crippen LogP contribution in [0.2, 0.25) is 0 Å². The standard InChI is InChI=1S/C16H19N3O2/c1-12(2)10-11-17-16(21)14-8-9-15(20)19(18-14)13-6-4-3-5-7-13/h3-9,12H,10-11H2,1-2H3,(H,17,21). The quantitative estimate of drug-likeness (QED) is 0.914. The lowest BCUT2D eigenvalue weighted by molar-refractivity contribution is 0.0945. The second kappa shape index (κ2) is 6.83. The minimum Gasteiger partial charge on any atom is -0.351 e. The molecule has 0 spiro atoms. The van der Waals surface area contributed by atoms with Gasteiger partial charge in [0.2, 0.25) is 0 Å². The van der Waals surface area contributed by atoms with Gasteiger partial charge in [0.1, 0.15) is 5.69 Å². The fourth-order valence-corrected chi connectivity index (χ4v) is 1.85. The minimum atomic E-state index is -0.264. The molecule has 2 rings (SSSR count). The Balaban J connectivity index is 2.19. The Morgan fingerprint density at radius 2 is 1.90 bits per heavy atom. The first kappa shape index (κ1) is 15.0. The Kier molecular flexibility index (Phi) is 4.87. The van der Waals surface area contributed by atoms with Crippen LogP contribution in [0, 0.1) is 5.92 Å². The number of rotatable bonds is 5. The van der Waals surface area contributed by atoms with Crippen molar-refractivity contribution in [2.75, 3.05) is 6.54 Å². The molecular weight excluding hydrogens is 266 g/mol. The molecule has 1 amide bonds. The third-order valence-corrected chi connectivity index (χ3v) is 3.04. The van der Waals surface area contributed by atoms with Crippen LogP contribution in [0.4, 0.5) is 0 Å². The SMILES string of the molecule is CC(C)CCNC(=O)c1ccc(=O)n(-c2ccccc2)n1. The van der Waals surface area contributed by atoms with Gasteiger partial charge in [0.15, 0.2) is 0 Å². The highest BCUT2D eigenvalue weighted by molar-refractivity contribution is 5.92. The van der Waals surface area contributed by atoms with Crippen LogP contribution in [0.15, 0.2) is 47.3 Å². The van der Waals surface area contributed by atoms with Gasteiger partial charge in [-0.1, -0.05) is 32.0 Å². The van der Waals surface area contributed by atoms with E-state index in [2.05, 4.69) is 24.3 Å². The first-order valence-corrected chi connectivity index (χ1v) is 7.02. The molecule has 0 saturated carbocycles. The Hall–Kier alpha value is -2.43. The van der Waals surface area contributed by atoms with Gasteiger partial charge in [-0.05, 0) is 30.5 Å². The van der Waals surface area contributed by atoms with Gasteiger partial charge in [0.25, 0.3) is 11.5 Å². The fourth-order valence-electron chi connectivity index (χ4n) is 1.85. The van der Waals surface area contributed by atoms with Crippen molar-refractivity contribution in [3.63, 3.8) is 0 Å². The highest BCUT2D eigenvalue weighted by atomic mass is 16.2. The van der Waals surface area contributed by atoms with Crippen molar-refractivity contribution < 1.29 is 4.79 Å². The van der Waals surface area contributed by atoms with Crippen LogP contribution >= 0.6 is 0 Å². The number of aromatic nitrogens is 2. The van der Waals surface area contributed by atoms with Crippen molar-refractivity contribution in [1.29, 1.82) is 0 Å². The number of hydrogen-bond donors (Lipinski definition) is 1. The van der Waals surface area contributed by atoms with E-state index in [0.29, 0.717) is 18.2 Å². The molecule has 21 heavy (non-hydrogen) atoms. The Labute approximate surface area is 123 Å². The van der Waals surface area contributed by atoms with Crippen molar-refractivity contribution >= 4 is 5.91 Å². The lowest BCUT2D eigenvalue weighted by Crippen LogP contribution is -2.29. The molecule has 2 aromatic rings. The number of nitrogens with one attached hydrogen (secondary N) is 1. The third-order valence-electron chi connectivity index (χ3n) is 3.04. The van der Waals surface area contributed by atoms with Gasteiger partial charge in [0, 0.05) is 12.6 Å². The molecule has 0 atom stereocenters. The molecule has 0 fully saturated rings. The van der Waals surface area contributed by atoms with E-state index in [0.717, 1.165) is 6.42 Å². The third kappa shape index (κ3) is 4.02. The lowest BCUT2D eigenvalue weighted by Gasteiger charge is -2.08. The van der Waals surface area contributed by atoms with Crippen LogP contribution in [0.25, 0.3) is 5.69 Å². The van der Waals surface area contributed by atoms with Crippen molar-refractivity contribution in [2.45, 2.75) is 20.3 Å². The van der Waals surface area contributed by atoms with E-state index in [9.17, 15) is 9.59 Å².